The topological polar surface area (TPSA) is 72.6 Å². The standard InChI is InChI=1S/C9H6Cl2F3N7/c10-5-6(15-8(11)19-17-5)20-1-2-21-4(3-20)16-18-7(21)9(12,13)14/h1-3H2. The number of fused-ring (bicyclic) bond motifs is 1. The van der Waals surface area contributed by atoms with Crippen molar-refractivity contribution in [2.45, 2.75) is 19.3 Å². The summed E-state index contributed by atoms with van der Waals surface area (Å²) in [5.74, 6) is -0.596. The molecule has 7 nitrogen and oxygen atoms in total. The molecule has 0 unspecified atom stereocenters. The zero-order chi connectivity index (χ0) is 15.2. The van der Waals surface area contributed by atoms with Crippen LogP contribution in [0.1, 0.15) is 11.6 Å². The van der Waals surface area contributed by atoms with E-state index in [1.807, 2.05) is 0 Å². The van der Waals surface area contributed by atoms with Crippen LogP contribution in [0.25, 0.3) is 0 Å². The SMILES string of the molecule is FC(F)(F)c1nnc2n1CCN(c1nc(Cl)nnc1Cl)C2. The van der Waals surface area contributed by atoms with Gasteiger partial charge in [-0.2, -0.15) is 18.2 Å². The molecule has 0 fully saturated rings. The quantitative estimate of drug-likeness (QED) is 0.788. The van der Waals surface area contributed by atoms with Gasteiger partial charge in [-0.25, -0.2) is 0 Å². The fourth-order valence-corrected chi connectivity index (χ4v) is 2.35. The van der Waals surface area contributed by atoms with E-state index in [-0.39, 0.29) is 41.7 Å². The van der Waals surface area contributed by atoms with Crippen LogP contribution in [0.15, 0.2) is 0 Å². The Labute approximate surface area is 125 Å². The van der Waals surface area contributed by atoms with Crippen LogP contribution in [0.4, 0.5) is 19.0 Å². The molecule has 2 aromatic rings. The Bertz CT molecular complexity index is 686. The molecule has 0 radical (unpaired) electrons. The molecular weight excluding hydrogens is 334 g/mol. The van der Waals surface area contributed by atoms with E-state index in [1.165, 1.54) is 0 Å². The van der Waals surface area contributed by atoms with E-state index >= 15 is 0 Å². The van der Waals surface area contributed by atoms with Gasteiger partial charge in [-0.1, -0.05) is 11.6 Å². The number of rotatable bonds is 1. The molecular formula is C9H6Cl2F3N7. The fraction of sp³-hybridized carbons (Fsp3) is 0.444. The first kappa shape index (κ1) is 14.3. The lowest BCUT2D eigenvalue weighted by Crippen LogP contribution is -2.36. The first-order chi connectivity index (χ1) is 9.86. The molecule has 0 aliphatic carbocycles. The van der Waals surface area contributed by atoms with Gasteiger partial charge in [0.25, 0.3) is 0 Å². The van der Waals surface area contributed by atoms with Crippen LogP contribution in [-0.4, -0.2) is 36.5 Å². The van der Waals surface area contributed by atoms with Gasteiger partial charge in [-0.3, -0.25) is 0 Å². The lowest BCUT2D eigenvalue weighted by atomic mass is 10.3. The molecule has 112 valence electrons. The first-order valence-electron chi connectivity index (χ1n) is 5.66. The Hall–Kier alpha value is -1.68. The van der Waals surface area contributed by atoms with Gasteiger partial charge in [-0.15, -0.1) is 20.4 Å². The van der Waals surface area contributed by atoms with Gasteiger partial charge in [0.15, 0.2) is 16.8 Å². The second-order valence-corrected chi connectivity index (χ2v) is 4.90. The average molecular weight is 340 g/mol. The van der Waals surface area contributed by atoms with Crippen LogP contribution in [0.2, 0.25) is 10.4 Å². The zero-order valence-corrected chi connectivity index (χ0v) is 11.7. The largest absolute Gasteiger partial charge is 0.451 e. The smallest absolute Gasteiger partial charge is 0.345 e. The number of halogens is 5. The van der Waals surface area contributed by atoms with Crippen molar-refractivity contribution >= 4 is 29.0 Å². The molecule has 0 bridgehead atoms. The number of anilines is 1. The molecule has 0 spiro atoms. The van der Waals surface area contributed by atoms with Crippen molar-refractivity contribution in [2.75, 3.05) is 11.4 Å². The highest BCUT2D eigenvalue weighted by atomic mass is 35.5. The number of nitrogens with zero attached hydrogens (tertiary/aromatic N) is 7. The molecule has 0 atom stereocenters. The van der Waals surface area contributed by atoms with E-state index in [0.717, 1.165) is 4.57 Å². The molecule has 3 heterocycles. The summed E-state index contributed by atoms with van der Waals surface area (Å²) in [7, 11) is 0. The highest BCUT2D eigenvalue weighted by molar-refractivity contribution is 6.32. The van der Waals surface area contributed by atoms with E-state index in [0.29, 0.717) is 0 Å². The van der Waals surface area contributed by atoms with Gasteiger partial charge in [-0.05, 0) is 11.6 Å². The molecule has 2 aromatic heterocycles. The number of hydrogen-bond acceptors (Lipinski definition) is 6. The number of hydrogen-bond donors (Lipinski definition) is 0. The van der Waals surface area contributed by atoms with Crippen LogP contribution < -0.4 is 4.90 Å². The van der Waals surface area contributed by atoms with Crippen LogP contribution in [0, 0.1) is 0 Å². The van der Waals surface area contributed by atoms with E-state index in [4.69, 9.17) is 23.2 Å². The Morgan fingerprint density at radius 2 is 1.76 bits per heavy atom. The second kappa shape index (κ2) is 4.95. The third-order valence-corrected chi connectivity index (χ3v) is 3.31. The van der Waals surface area contributed by atoms with E-state index in [9.17, 15) is 13.2 Å². The molecule has 21 heavy (non-hydrogen) atoms. The molecule has 1 aliphatic heterocycles. The second-order valence-electron chi connectivity index (χ2n) is 4.21. The minimum atomic E-state index is -4.54. The first-order valence-corrected chi connectivity index (χ1v) is 6.42. The van der Waals surface area contributed by atoms with Crippen molar-refractivity contribution < 1.29 is 13.2 Å². The average Bonchev–Trinajstić information content (AvgIpc) is 2.84. The molecule has 0 N–H and O–H groups in total. The molecule has 0 aromatic carbocycles. The van der Waals surface area contributed by atoms with Crippen molar-refractivity contribution in [2.24, 2.45) is 0 Å². The van der Waals surface area contributed by atoms with Crippen molar-refractivity contribution in [3.63, 3.8) is 0 Å². The van der Waals surface area contributed by atoms with Crippen LogP contribution >= 0.6 is 23.2 Å². The maximum Gasteiger partial charge on any atom is 0.451 e. The summed E-state index contributed by atoms with van der Waals surface area (Å²) in [5.41, 5.74) is 0. The van der Waals surface area contributed by atoms with Gasteiger partial charge in [0.2, 0.25) is 11.1 Å². The van der Waals surface area contributed by atoms with Crippen molar-refractivity contribution in [1.29, 1.82) is 0 Å². The molecule has 1 aliphatic rings. The Morgan fingerprint density at radius 3 is 2.48 bits per heavy atom. The maximum absolute atomic E-state index is 12.7. The summed E-state index contributed by atoms with van der Waals surface area (Å²) in [6.45, 7) is 0.357. The summed E-state index contributed by atoms with van der Waals surface area (Å²) in [6, 6.07) is 0. The molecule has 0 amide bonds. The van der Waals surface area contributed by atoms with Gasteiger partial charge in [0, 0.05) is 13.1 Å². The predicted octanol–water partition coefficient (Wildman–Crippen LogP) is 1.81. The van der Waals surface area contributed by atoms with E-state index in [2.05, 4.69) is 25.4 Å². The normalized spacial score (nSPS) is 15.2. The van der Waals surface area contributed by atoms with E-state index in [1.54, 1.807) is 4.90 Å². The fourth-order valence-electron chi connectivity index (χ4n) is 2.04. The third kappa shape index (κ3) is 2.60. The molecule has 0 saturated heterocycles. The van der Waals surface area contributed by atoms with Gasteiger partial charge < -0.3 is 9.47 Å². The van der Waals surface area contributed by atoms with Crippen LogP contribution in [-0.2, 0) is 19.3 Å². The summed E-state index contributed by atoms with van der Waals surface area (Å²) >= 11 is 11.5. The maximum atomic E-state index is 12.7. The Kier molecular flexibility index (Phi) is 3.36. The summed E-state index contributed by atoms with van der Waals surface area (Å²) in [6.07, 6.45) is -4.54. The van der Waals surface area contributed by atoms with Gasteiger partial charge >= 0.3 is 6.18 Å². The number of alkyl halides is 3. The summed E-state index contributed by atoms with van der Waals surface area (Å²) in [4.78, 5) is 5.55. The zero-order valence-electron chi connectivity index (χ0n) is 10.1. The summed E-state index contributed by atoms with van der Waals surface area (Å²) < 4.78 is 39.2. The highest BCUT2D eigenvalue weighted by Gasteiger charge is 2.39. The molecule has 0 saturated carbocycles. The van der Waals surface area contributed by atoms with Gasteiger partial charge in [0.1, 0.15) is 0 Å². The number of aromatic nitrogens is 6. The lowest BCUT2D eigenvalue weighted by Gasteiger charge is -2.28. The minimum Gasteiger partial charge on any atom is -0.345 e. The lowest BCUT2D eigenvalue weighted by molar-refractivity contribution is -0.147. The van der Waals surface area contributed by atoms with Crippen LogP contribution in [0.5, 0.6) is 0 Å². The van der Waals surface area contributed by atoms with E-state index < -0.39 is 12.0 Å². The molecule has 12 heteroatoms. The van der Waals surface area contributed by atoms with Crippen LogP contribution in [0.3, 0.4) is 0 Å². The minimum absolute atomic E-state index is 0.0170. The van der Waals surface area contributed by atoms with Crippen molar-refractivity contribution in [3.05, 3.63) is 22.1 Å². The highest BCUT2D eigenvalue weighted by Crippen LogP contribution is 2.31. The monoisotopic (exact) mass is 339 g/mol. The van der Waals surface area contributed by atoms with Crippen molar-refractivity contribution in [1.82, 2.24) is 29.9 Å². The summed E-state index contributed by atoms with van der Waals surface area (Å²) in [5, 5.41) is 13.8. The molecule has 3 rings (SSSR count). The Morgan fingerprint density at radius 1 is 1.00 bits per heavy atom. The predicted molar refractivity (Wildman–Crippen MR) is 65.9 cm³/mol. The Balaban J connectivity index is 1.92. The van der Waals surface area contributed by atoms with Gasteiger partial charge in [0.05, 0.1) is 6.54 Å². The third-order valence-electron chi connectivity index (χ3n) is 2.91. The van der Waals surface area contributed by atoms with Crippen molar-refractivity contribution in [3.8, 4) is 0 Å².